The summed E-state index contributed by atoms with van der Waals surface area (Å²) in [7, 11) is 0. The Kier molecular flexibility index (Phi) is 5.46. The molecule has 0 bridgehead atoms. The van der Waals surface area contributed by atoms with Gasteiger partial charge in [0.2, 0.25) is 5.01 Å². The SMILES string of the molecule is CC(C)N(C(=O)COc1nnc(C(F)(F)F)s1)C1=CC(C)(C)C(C)C1. The number of carbonyl (C=O) groups excluding carboxylic acids is 1. The maximum absolute atomic E-state index is 12.6. The number of hydrogen-bond donors (Lipinski definition) is 0. The van der Waals surface area contributed by atoms with Crippen LogP contribution in [-0.2, 0) is 11.0 Å². The fourth-order valence-electron chi connectivity index (χ4n) is 2.73. The number of aromatic nitrogens is 2. The fourth-order valence-corrected chi connectivity index (χ4v) is 3.29. The topological polar surface area (TPSA) is 55.3 Å². The molecular weight excluding hydrogens is 355 g/mol. The number of allylic oxidation sites excluding steroid dienone is 2. The molecule has 0 saturated carbocycles. The molecule has 0 aliphatic heterocycles. The van der Waals surface area contributed by atoms with Crippen molar-refractivity contribution in [3.05, 3.63) is 16.8 Å². The standard InChI is InChI=1S/C16H22F3N3O2S/c1-9(2)22(11-6-10(3)15(4,5)7-11)12(23)8-24-14-21-20-13(25-14)16(17,18)19/h7,9-10H,6,8H2,1-5H3. The molecule has 1 atom stereocenters. The molecule has 5 nitrogen and oxygen atoms in total. The summed E-state index contributed by atoms with van der Waals surface area (Å²) in [6.45, 7) is 9.76. The van der Waals surface area contributed by atoms with Gasteiger partial charge < -0.3 is 9.64 Å². The number of nitrogens with zero attached hydrogens (tertiary/aromatic N) is 3. The second-order valence-corrected chi connectivity index (χ2v) is 8.02. The molecule has 1 unspecified atom stereocenters. The van der Waals surface area contributed by atoms with Gasteiger partial charge in [-0.15, -0.1) is 5.10 Å². The Hall–Kier alpha value is -1.64. The highest BCUT2D eigenvalue weighted by Gasteiger charge is 2.37. The van der Waals surface area contributed by atoms with Gasteiger partial charge in [-0.25, -0.2) is 0 Å². The number of halogens is 3. The molecule has 0 radical (unpaired) electrons. The Bertz CT molecular complexity index is 668. The number of rotatable bonds is 5. The molecule has 1 aliphatic carbocycles. The third-order valence-electron chi connectivity index (χ3n) is 4.39. The zero-order chi connectivity index (χ0) is 19.0. The van der Waals surface area contributed by atoms with Crippen LogP contribution in [0.25, 0.3) is 0 Å². The van der Waals surface area contributed by atoms with Crippen LogP contribution in [0.2, 0.25) is 0 Å². The molecular formula is C16H22F3N3O2S. The fraction of sp³-hybridized carbons (Fsp3) is 0.688. The first-order chi connectivity index (χ1) is 11.4. The number of hydrogen-bond acceptors (Lipinski definition) is 5. The van der Waals surface area contributed by atoms with Crippen molar-refractivity contribution in [2.75, 3.05) is 6.61 Å². The van der Waals surface area contributed by atoms with E-state index in [2.05, 4.69) is 37.0 Å². The highest BCUT2D eigenvalue weighted by atomic mass is 32.1. The maximum Gasteiger partial charge on any atom is 0.445 e. The van der Waals surface area contributed by atoms with Crippen molar-refractivity contribution < 1.29 is 22.7 Å². The Morgan fingerprint density at radius 1 is 1.44 bits per heavy atom. The van der Waals surface area contributed by atoms with E-state index >= 15 is 0 Å². The van der Waals surface area contributed by atoms with Gasteiger partial charge in [-0.1, -0.05) is 43.3 Å². The lowest BCUT2D eigenvalue weighted by atomic mass is 9.84. The quantitative estimate of drug-likeness (QED) is 0.774. The molecule has 140 valence electrons. The first-order valence-electron chi connectivity index (χ1n) is 7.99. The number of amides is 1. The van der Waals surface area contributed by atoms with Gasteiger partial charge in [-0.2, -0.15) is 13.2 Å². The second-order valence-electron chi connectivity index (χ2n) is 7.08. The summed E-state index contributed by atoms with van der Waals surface area (Å²) in [4.78, 5) is 14.2. The van der Waals surface area contributed by atoms with E-state index in [1.54, 1.807) is 4.90 Å². The van der Waals surface area contributed by atoms with Crippen LogP contribution in [0.1, 0.15) is 46.0 Å². The summed E-state index contributed by atoms with van der Waals surface area (Å²) in [5.74, 6) is 0.0879. The van der Waals surface area contributed by atoms with E-state index in [4.69, 9.17) is 4.74 Å². The predicted octanol–water partition coefficient (Wildman–Crippen LogP) is 4.12. The first-order valence-corrected chi connectivity index (χ1v) is 8.80. The van der Waals surface area contributed by atoms with Crippen molar-refractivity contribution in [2.24, 2.45) is 11.3 Å². The van der Waals surface area contributed by atoms with Crippen LogP contribution in [0.3, 0.4) is 0 Å². The van der Waals surface area contributed by atoms with Gasteiger partial charge >= 0.3 is 6.18 Å². The van der Waals surface area contributed by atoms with Crippen LogP contribution >= 0.6 is 11.3 Å². The number of ether oxygens (including phenoxy) is 1. The Labute approximate surface area is 148 Å². The zero-order valence-corrected chi connectivity index (χ0v) is 15.7. The minimum Gasteiger partial charge on any atom is -0.459 e. The van der Waals surface area contributed by atoms with Gasteiger partial charge in [0.05, 0.1) is 0 Å². The van der Waals surface area contributed by atoms with Gasteiger partial charge in [0.25, 0.3) is 11.1 Å². The lowest BCUT2D eigenvalue weighted by Crippen LogP contribution is -2.39. The minimum atomic E-state index is -4.57. The van der Waals surface area contributed by atoms with Crippen LogP contribution in [0, 0.1) is 11.3 Å². The van der Waals surface area contributed by atoms with Gasteiger partial charge in [-0.05, 0) is 31.6 Å². The van der Waals surface area contributed by atoms with E-state index in [0.29, 0.717) is 5.92 Å². The van der Waals surface area contributed by atoms with Crippen molar-refractivity contribution in [1.29, 1.82) is 0 Å². The van der Waals surface area contributed by atoms with Crippen LogP contribution in [-0.4, -0.2) is 33.7 Å². The smallest absolute Gasteiger partial charge is 0.445 e. The lowest BCUT2D eigenvalue weighted by molar-refractivity contribution is -0.138. The molecule has 25 heavy (non-hydrogen) atoms. The molecule has 0 aromatic carbocycles. The number of alkyl halides is 3. The van der Waals surface area contributed by atoms with E-state index in [1.807, 2.05) is 13.8 Å². The zero-order valence-electron chi connectivity index (χ0n) is 14.8. The molecule has 0 saturated heterocycles. The minimum absolute atomic E-state index is 0.00948. The van der Waals surface area contributed by atoms with Gasteiger partial charge in [-0.3, -0.25) is 4.79 Å². The second kappa shape index (κ2) is 6.93. The number of carbonyl (C=O) groups is 1. The van der Waals surface area contributed by atoms with E-state index < -0.39 is 11.2 Å². The molecule has 1 aromatic heterocycles. The van der Waals surface area contributed by atoms with Gasteiger partial charge in [0, 0.05) is 11.7 Å². The Morgan fingerprint density at radius 3 is 2.52 bits per heavy atom. The van der Waals surface area contributed by atoms with Crippen molar-refractivity contribution in [1.82, 2.24) is 15.1 Å². The van der Waals surface area contributed by atoms with Crippen molar-refractivity contribution in [3.8, 4) is 5.19 Å². The highest BCUT2D eigenvalue weighted by molar-refractivity contribution is 7.13. The summed E-state index contributed by atoms with van der Waals surface area (Å²) >= 11 is 0.280. The molecule has 1 heterocycles. The molecule has 0 spiro atoms. The summed E-state index contributed by atoms with van der Waals surface area (Å²) < 4.78 is 42.7. The van der Waals surface area contributed by atoms with Crippen molar-refractivity contribution >= 4 is 17.2 Å². The van der Waals surface area contributed by atoms with Gasteiger partial charge in [0.15, 0.2) is 6.61 Å². The van der Waals surface area contributed by atoms with Crippen molar-refractivity contribution in [3.63, 3.8) is 0 Å². The van der Waals surface area contributed by atoms with Crippen LogP contribution in [0.4, 0.5) is 13.2 Å². The Balaban J connectivity index is 2.06. The largest absolute Gasteiger partial charge is 0.459 e. The molecule has 2 rings (SSSR count). The molecule has 9 heteroatoms. The van der Waals surface area contributed by atoms with Gasteiger partial charge in [0.1, 0.15) is 0 Å². The molecule has 1 aromatic rings. The van der Waals surface area contributed by atoms with Crippen LogP contribution in [0.5, 0.6) is 5.19 Å². The lowest BCUT2D eigenvalue weighted by Gasteiger charge is -2.28. The summed E-state index contributed by atoms with van der Waals surface area (Å²) in [6, 6.07) is -0.0800. The summed E-state index contributed by atoms with van der Waals surface area (Å²) in [5.41, 5.74) is 0.916. The molecule has 0 N–H and O–H groups in total. The normalized spacial score (nSPS) is 19.9. The summed E-state index contributed by atoms with van der Waals surface area (Å²) in [6.07, 6.45) is -1.71. The molecule has 0 fully saturated rings. The average molecular weight is 377 g/mol. The highest BCUT2D eigenvalue weighted by Crippen LogP contribution is 2.42. The van der Waals surface area contributed by atoms with E-state index in [-0.39, 0.29) is 40.5 Å². The monoisotopic (exact) mass is 377 g/mol. The van der Waals surface area contributed by atoms with Crippen LogP contribution in [0.15, 0.2) is 11.8 Å². The van der Waals surface area contributed by atoms with Crippen LogP contribution < -0.4 is 4.74 Å². The predicted molar refractivity (Wildman–Crippen MR) is 88.0 cm³/mol. The Morgan fingerprint density at radius 2 is 2.08 bits per heavy atom. The van der Waals surface area contributed by atoms with E-state index in [1.165, 1.54) is 0 Å². The maximum atomic E-state index is 12.6. The third-order valence-corrected chi connectivity index (χ3v) is 5.27. The summed E-state index contributed by atoms with van der Waals surface area (Å²) in [5, 5.41) is 5.01. The van der Waals surface area contributed by atoms with Crippen molar-refractivity contribution in [2.45, 2.75) is 53.3 Å². The van der Waals surface area contributed by atoms with E-state index in [9.17, 15) is 18.0 Å². The average Bonchev–Trinajstić information content (AvgIpc) is 3.01. The first kappa shape index (κ1) is 19.7. The molecule has 1 amide bonds. The van der Waals surface area contributed by atoms with E-state index in [0.717, 1.165) is 12.1 Å². The third kappa shape index (κ3) is 4.50. The molecule has 1 aliphatic rings.